The normalized spacial score (nSPS) is 10.2. The third-order valence-corrected chi connectivity index (χ3v) is 2.46. The van der Waals surface area contributed by atoms with Gasteiger partial charge in [0.25, 0.3) is 0 Å². The Kier molecular flexibility index (Phi) is 2.82. The molecule has 0 fully saturated rings. The molecule has 0 aliphatic heterocycles. The third-order valence-electron chi connectivity index (χ3n) is 2.46. The van der Waals surface area contributed by atoms with Gasteiger partial charge in [-0.2, -0.15) is 0 Å². The summed E-state index contributed by atoms with van der Waals surface area (Å²) in [7, 11) is 3.12. The van der Waals surface area contributed by atoms with Crippen molar-refractivity contribution < 1.29 is 9.15 Å². The first-order valence-corrected chi connectivity index (χ1v) is 4.97. The molecule has 88 valence electrons. The molecule has 0 bridgehead atoms. The smallest absolute Gasteiger partial charge is 0.422 e. The summed E-state index contributed by atoms with van der Waals surface area (Å²) in [4.78, 5) is 22.5. The molecular weight excluding hydrogens is 222 g/mol. The van der Waals surface area contributed by atoms with E-state index in [1.165, 1.54) is 10.6 Å². The third kappa shape index (κ3) is 2.13. The molecule has 0 N–H and O–H groups in total. The molecule has 0 spiro atoms. The van der Waals surface area contributed by atoms with Gasteiger partial charge in [-0.15, -0.1) is 0 Å². The topological polar surface area (TPSA) is 61.4 Å². The second-order valence-electron chi connectivity index (χ2n) is 3.50. The zero-order chi connectivity index (χ0) is 12.4. The van der Waals surface area contributed by atoms with Gasteiger partial charge in [-0.05, 0) is 29.8 Å². The maximum Gasteiger partial charge on any atom is 0.422 e. The van der Waals surface area contributed by atoms with Crippen LogP contribution in [0.15, 0.2) is 44.3 Å². The number of hydrogen-bond acceptors (Lipinski definition) is 4. The van der Waals surface area contributed by atoms with Crippen LogP contribution in [-0.2, 0) is 7.05 Å². The summed E-state index contributed by atoms with van der Waals surface area (Å²) in [6.07, 6.45) is 0. The molecule has 2 aromatic rings. The van der Waals surface area contributed by atoms with Crippen molar-refractivity contribution in [2.45, 2.75) is 0 Å². The Bertz CT molecular complexity index is 637. The summed E-state index contributed by atoms with van der Waals surface area (Å²) >= 11 is 0. The van der Waals surface area contributed by atoms with E-state index in [0.717, 1.165) is 5.56 Å². The molecule has 0 radical (unpaired) electrons. The number of ether oxygens (including phenoxy) is 1. The van der Waals surface area contributed by atoms with Crippen molar-refractivity contribution in [2.24, 2.45) is 7.05 Å². The zero-order valence-corrected chi connectivity index (χ0v) is 9.47. The highest BCUT2D eigenvalue weighted by Crippen LogP contribution is 2.19. The van der Waals surface area contributed by atoms with Crippen LogP contribution in [0.25, 0.3) is 11.3 Å². The molecule has 0 unspecified atom stereocenters. The predicted molar refractivity (Wildman–Crippen MR) is 62.2 cm³/mol. The summed E-state index contributed by atoms with van der Waals surface area (Å²) in [5.74, 6) is 0.0324. The predicted octanol–water partition coefficient (Wildman–Crippen LogP) is 1.01. The maximum absolute atomic E-state index is 11.3. The van der Waals surface area contributed by atoms with E-state index in [1.54, 1.807) is 38.4 Å². The van der Waals surface area contributed by atoms with Crippen LogP contribution >= 0.6 is 0 Å². The van der Waals surface area contributed by atoms with E-state index in [1.807, 2.05) is 0 Å². The molecule has 0 atom stereocenters. The fourth-order valence-electron chi connectivity index (χ4n) is 1.53. The first kappa shape index (κ1) is 11.2. The Morgan fingerprint density at radius 1 is 1.18 bits per heavy atom. The van der Waals surface area contributed by atoms with Crippen molar-refractivity contribution in [2.75, 3.05) is 7.11 Å². The standard InChI is InChI=1S/C12H11NO4/c1-13-10(7-11(14)17-12(13)15)8-3-5-9(16-2)6-4-8/h3-7H,1-2H3. The molecule has 5 heteroatoms. The van der Waals surface area contributed by atoms with Gasteiger partial charge in [-0.1, -0.05) is 0 Å². The molecule has 0 aliphatic rings. The van der Waals surface area contributed by atoms with Crippen LogP contribution in [-0.4, -0.2) is 11.7 Å². The molecule has 1 aromatic heterocycles. The minimum Gasteiger partial charge on any atom is -0.497 e. The number of aromatic nitrogens is 1. The van der Waals surface area contributed by atoms with Gasteiger partial charge in [0.15, 0.2) is 0 Å². The van der Waals surface area contributed by atoms with Gasteiger partial charge in [-0.3, -0.25) is 4.57 Å². The van der Waals surface area contributed by atoms with Gasteiger partial charge in [0.2, 0.25) is 0 Å². The van der Waals surface area contributed by atoms with E-state index in [9.17, 15) is 9.59 Å². The first-order valence-electron chi connectivity index (χ1n) is 4.97. The zero-order valence-electron chi connectivity index (χ0n) is 9.47. The Labute approximate surface area is 96.9 Å². The average molecular weight is 233 g/mol. The van der Waals surface area contributed by atoms with E-state index in [-0.39, 0.29) is 0 Å². The highest BCUT2D eigenvalue weighted by Gasteiger charge is 2.06. The van der Waals surface area contributed by atoms with E-state index in [2.05, 4.69) is 4.42 Å². The van der Waals surface area contributed by atoms with E-state index in [4.69, 9.17) is 4.74 Å². The number of nitrogens with zero attached hydrogens (tertiary/aromatic N) is 1. The monoisotopic (exact) mass is 233 g/mol. The summed E-state index contributed by atoms with van der Waals surface area (Å²) in [6, 6.07) is 8.34. The Balaban J connectivity index is 2.60. The van der Waals surface area contributed by atoms with Crippen LogP contribution in [0.4, 0.5) is 0 Å². The van der Waals surface area contributed by atoms with Crippen molar-refractivity contribution in [1.82, 2.24) is 4.57 Å². The van der Waals surface area contributed by atoms with Crippen LogP contribution in [0.5, 0.6) is 5.75 Å². The molecule has 0 aliphatic carbocycles. The first-order chi connectivity index (χ1) is 8.11. The van der Waals surface area contributed by atoms with E-state index < -0.39 is 11.4 Å². The molecule has 17 heavy (non-hydrogen) atoms. The van der Waals surface area contributed by atoms with Crippen molar-refractivity contribution in [1.29, 1.82) is 0 Å². The Morgan fingerprint density at radius 2 is 1.82 bits per heavy atom. The maximum atomic E-state index is 11.3. The van der Waals surface area contributed by atoms with Gasteiger partial charge in [0.05, 0.1) is 12.8 Å². The van der Waals surface area contributed by atoms with Crippen LogP contribution in [0.3, 0.4) is 0 Å². The average Bonchev–Trinajstić information content (AvgIpc) is 2.34. The summed E-state index contributed by atoms with van der Waals surface area (Å²) in [5, 5.41) is 0. The van der Waals surface area contributed by atoms with Crippen molar-refractivity contribution >= 4 is 0 Å². The molecule has 0 saturated heterocycles. The summed E-state index contributed by atoms with van der Waals surface area (Å²) < 4.78 is 10.8. The highest BCUT2D eigenvalue weighted by atomic mass is 16.5. The Hall–Kier alpha value is -2.30. The lowest BCUT2D eigenvalue weighted by Crippen LogP contribution is -2.22. The van der Waals surface area contributed by atoms with Gasteiger partial charge < -0.3 is 9.15 Å². The minimum atomic E-state index is -0.677. The molecule has 0 amide bonds. The van der Waals surface area contributed by atoms with Gasteiger partial charge >= 0.3 is 11.4 Å². The lowest BCUT2D eigenvalue weighted by molar-refractivity contribution is 0.414. The fraction of sp³-hybridized carbons (Fsp3) is 0.167. The quantitative estimate of drug-likeness (QED) is 0.776. The van der Waals surface area contributed by atoms with Crippen LogP contribution in [0.1, 0.15) is 0 Å². The number of methoxy groups -OCH3 is 1. The van der Waals surface area contributed by atoms with Crippen LogP contribution < -0.4 is 16.1 Å². The van der Waals surface area contributed by atoms with E-state index in [0.29, 0.717) is 11.4 Å². The van der Waals surface area contributed by atoms with Crippen molar-refractivity contribution in [3.8, 4) is 17.0 Å². The second kappa shape index (κ2) is 4.29. The SMILES string of the molecule is COc1ccc(-c2cc(=O)oc(=O)n2C)cc1. The number of hydrogen-bond donors (Lipinski definition) is 0. The molecule has 1 aromatic carbocycles. The number of rotatable bonds is 2. The van der Waals surface area contributed by atoms with Crippen LogP contribution in [0, 0.1) is 0 Å². The molecular formula is C12H11NO4. The largest absolute Gasteiger partial charge is 0.497 e. The van der Waals surface area contributed by atoms with Crippen molar-refractivity contribution in [3.63, 3.8) is 0 Å². The van der Waals surface area contributed by atoms with Crippen LogP contribution in [0.2, 0.25) is 0 Å². The van der Waals surface area contributed by atoms with Gasteiger partial charge in [0.1, 0.15) is 5.75 Å². The molecule has 1 heterocycles. The van der Waals surface area contributed by atoms with Gasteiger partial charge in [-0.25, -0.2) is 9.59 Å². The Morgan fingerprint density at radius 3 is 2.41 bits per heavy atom. The molecule has 5 nitrogen and oxygen atoms in total. The lowest BCUT2D eigenvalue weighted by Gasteiger charge is -2.06. The summed E-state index contributed by atoms with van der Waals surface area (Å²) in [5.41, 5.74) is 0.603. The highest BCUT2D eigenvalue weighted by molar-refractivity contribution is 5.59. The second-order valence-corrected chi connectivity index (χ2v) is 3.50. The van der Waals surface area contributed by atoms with Gasteiger partial charge in [0, 0.05) is 13.1 Å². The van der Waals surface area contributed by atoms with Crippen molar-refractivity contribution in [3.05, 3.63) is 51.3 Å². The fourth-order valence-corrected chi connectivity index (χ4v) is 1.53. The summed E-state index contributed by atoms with van der Waals surface area (Å²) in [6.45, 7) is 0. The minimum absolute atomic E-state index is 0.508. The molecule has 2 rings (SSSR count). The molecule has 0 saturated carbocycles. The van der Waals surface area contributed by atoms with E-state index >= 15 is 0 Å². The number of benzene rings is 1. The lowest BCUT2D eigenvalue weighted by atomic mass is 10.1.